The van der Waals surface area contributed by atoms with Gasteiger partial charge in [0.1, 0.15) is 11.6 Å². The van der Waals surface area contributed by atoms with Gasteiger partial charge in [0.2, 0.25) is 0 Å². The third kappa shape index (κ3) is 2.51. The van der Waals surface area contributed by atoms with Crippen LogP contribution in [-0.2, 0) is 4.74 Å². The molecule has 0 amide bonds. The molecule has 0 atom stereocenters. The third-order valence-electron chi connectivity index (χ3n) is 2.25. The molecular formula is C12H10ClFN2O2. The minimum Gasteiger partial charge on any atom is -0.461 e. The van der Waals surface area contributed by atoms with E-state index < -0.39 is 11.8 Å². The van der Waals surface area contributed by atoms with Crippen LogP contribution in [0.25, 0.3) is 11.4 Å². The van der Waals surface area contributed by atoms with Gasteiger partial charge >= 0.3 is 5.97 Å². The molecule has 1 aromatic heterocycles. The van der Waals surface area contributed by atoms with Crippen LogP contribution in [0, 0.1) is 5.82 Å². The lowest BCUT2D eigenvalue weighted by atomic mass is 10.2. The molecule has 0 saturated heterocycles. The summed E-state index contributed by atoms with van der Waals surface area (Å²) < 4.78 is 18.4. The summed E-state index contributed by atoms with van der Waals surface area (Å²) in [5.41, 5.74) is 0.358. The number of carbonyl (C=O) groups excluding carboxylic acids is 1. The molecule has 6 heteroatoms. The van der Waals surface area contributed by atoms with Crippen LogP contribution in [0.5, 0.6) is 0 Å². The molecule has 94 valence electrons. The summed E-state index contributed by atoms with van der Waals surface area (Å²) in [6.07, 6.45) is 1.38. The number of carbonyl (C=O) groups is 1. The van der Waals surface area contributed by atoms with Gasteiger partial charge in [-0.1, -0.05) is 11.6 Å². The van der Waals surface area contributed by atoms with Gasteiger partial charge in [0.25, 0.3) is 0 Å². The third-order valence-corrected chi connectivity index (χ3v) is 2.48. The molecule has 4 nitrogen and oxygen atoms in total. The molecule has 0 unspecified atom stereocenters. The number of aromatic amines is 1. The number of aromatic nitrogens is 2. The van der Waals surface area contributed by atoms with Gasteiger partial charge in [-0.05, 0) is 25.1 Å². The highest BCUT2D eigenvalue weighted by atomic mass is 35.5. The van der Waals surface area contributed by atoms with Crippen molar-refractivity contribution in [1.29, 1.82) is 0 Å². The average molecular weight is 269 g/mol. The predicted octanol–water partition coefficient (Wildman–Crippen LogP) is 3.05. The molecule has 0 aliphatic heterocycles. The van der Waals surface area contributed by atoms with Crippen molar-refractivity contribution in [2.75, 3.05) is 6.61 Å². The number of halogens is 2. The lowest BCUT2D eigenvalue weighted by molar-refractivity contribution is 0.0520. The van der Waals surface area contributed by atoms with E-state index in [1.54, 1.807) is 13.0 Å². The first kappa shape index (κ1) is 12.6. The molecule has 2 aromatic rings. The minimum absolute atomic E-state index is 0.112. The highest BCUT2D eigenvalue weighted by Crippen LogP contribution is 2.23. The Bertz CT molecular complexity index is 583. The number of hydrogen-bond donors (Lipinski definition) is 1. The van der Waals surface area contributed by atoms with E-state index in [0.717, 1.165) is 0 Å². The largest absolute Gasteiger partial charge is 0.461 e. The van der Waals surface area contributed by atoms with Crippen molar-refractivity contribution in [3.63, 3.8) is 0 Å². The lowest BCUT2D eigenvalue weighted by Gasteiger charge is -1.99. The second-order valence-corrected chi connectivity index (χ2v) is 3.92. The topological polar surface area (TPSA) is 55.0 Å². The number of H-pyrrole nitrogens is 1. The number of nitrogens with one attached hydrogen (secondary N) is 1. The van der Waals surface area contributed by atoms with Crippen LogP contribution in [0.15, 0.2) is 24.4 Å². The van der Waals surface area contributed by atoms with Crippen LogP contribution in [0.4, 0.5) is 4.39 Å². The summed E-state index contributed by atoms with van der Waals surface area (Å²) >= 11 is 5.66. The molecule has 2 rings (SSSR count). The number of nitrogens with zero attached hydrogens (tertiary/aromatic N) is 1. The van der Waals surface area contributed by atoms with E-state index in [4.69, 9.17) is 16.3 Å². The molecule has 0 spiro atoms. The van der Waals surface area contributed by atoms with Crippen LogP contribution in [0.1, 0.15) is 17.4 Å². The number of imidazole rings is 1. The monoisotopic (exact) mass is 268 g/mol. The van der Waals surface area contributed by atoms with Crippen molar-refractivity contribution in [2.45, 2.75) is 6.92 Å². The van der Waals surface area contributed by atoms with Crippen LogP contribution >= 0.6 is 11.6 Å². The quantitative estimate of drug-likeness (QED) is 0.871. The van der Waals surface area contributed by atoms with Crippen molar-refractivity contribution in [2.24, 2.45) is 0 Å². The molecule has 1 aromatic carbocycles. The fraction of sp³-hybridized carbons (Fsp3) is 0.167. The molecule has 18 heavy (non-hydrogen) atoms. The Kier molecular flexibility index (Phi) is 3.62. The van der Waals surface area contributed by atoms with E-state index >= 15 is 0 Å². The molecule has 1 N–H and O–H groups in total. The van der Waals surface area contributed by atoms with Gasteiger partial charge in [0, 0.05) is 11.2 Å². The van der Waals surface area contributed by atoms with Gasteiger partial charge in [-0.3, -0.25) is 0 Å². The van der Waals surface area contributed by atoms with Crippen LogP contribution in [0.3, 0.4) is 0 Å². The molecule has 1 heterocycles. The summed E-state index contributed by atoms with van der Waals surface area (Å²) in [4.78, 5) is 18.1. The smallest absolute Gasteiger partial charge is 0.358 e. The second-order valence-electron chi connectivity index (χ2n) is 3.48. The molecular weight excluding hydrogens is 259 g/mol. The van der Waals surface area contributed by atoms with E-state index in [1.807, 2.05) is 0 Å². The van der Waals surface area contributed by atoms with Crippen molar-refractivity contribution in [3.8, 4) is 11.4 Å². The van der Waals surface area contributed by atoms with Crippen LogP contribution < -0.4 is 0 Å². The summed E-state index contributed by atoms with van der Waals surface area (Å²) in [5.74, 6) is -0.797. The van der Waals surface area contributed by atoms with Crippen molar-refractivity contribution < 1.29 is 13.9 Å². The van der Waals surface area contributed by atoms with Crippen molar-refractivity contribution in [3.05, 3.63) is 40.9 Å². The van der Waals surface area contributed by atoms with Gasteiger partial charge < -0.3 is 9.72 Å². The zero-order valence-electron chi connectivity index (χ0n) is 9.54. The van der Waals surface area contributed by atoms with E-state index in [9.17, 15) is 9.18 Å². The maximum absolute atomic E-state index is 13.6. The average Bonchev–Trinajstić information content (AvgIpc) is 2.78. The Morgan fingerprint density at radius 1 is 1.56 bits per heavy atom. The summed E-state index contributed by atoms with van der Waals surface area (Å²) in [5, 5.41) is 0.299. The van der Waals surface area contributed by atoms with Gasteiger partial charge in [-0.15, -0.1) is 0 Å². The lowest BCUT2D eigenvalue weighted by Crippen LogP contribution is -2.04. The van der Waals surface area contributed by atoms with Crippen molar-refractivity contribution >= 4 is 17.6 Å². The summed E-state index contributed by atoms with van der Waals surface area (Å²) in [6.45, 7) is 1.96. The molecule has 0 aliphatic carbocycles. The molecule has 0 radical (unpaired) electrons. The first-order chi connectivity index (χ1) is 8.61. The highest BCUT2D eigenvalue weighted by Gasteiger charge is 2.14. The zero-order chi connectivity index (χ0) is 13.1. The van der Waals surface area contributed by atoms with Gasteiger partial charge in [0.05, 0.1) is 12.2 Å². The first-order valence-electron chi connectivity index (χ1n) is 5.29. The number of rotatable bonds is 3. The minimum atomic E-state index is -0.547. The van der Waals surface area contributed by atoms with Crippen molar-refractivity contribution in [1.82, 2.24) is 9.97 Å². The standard InChI is InChI=1S/C12H10ClFN2O2/c1-2-18-12(17)10-6-15-11(16-10)8-4-3-7(13)5-9(8)14/h3-6H,2H2,1H3,(H,15,16). The van der Waals surface area contributed by atoms with E-state index in [1.165, 1.54) is 18.3 Å². The Balaban J connectivity index is 2.32. The van der Waals surface area contributed by atoms with Gasteiger partial charge in [0.15, 0.2) is 5.69 Å². The molecule has 0 bridgehead atoms. The molecule has 0 saturated carbocycles. The molecule has 0 aliphatic rings. The maximum atomic E-state index is 13.6. The second kappa shape index (κ2) is 5.18. The fourth-order valence-electron chi connectivity index (χ4n) is 1.45. The predicted molar refractivity (Wildman–Crippen MR) is 64.9 cm³/mol. The normalized spacial score (nSPS) is 10.4. The highest BCUT2D eigenvalue weighted by molar-refractivity contribution is 6.30. The maximum Gasteiger partial charge on any atom is 0.358 e. The Morgan fingerprint density at radius 3 is 3.00 bits per heavy atom. The molecule has 0 fully saturated rings. The number of esters is 1. The zero-order valence-corrected chi connectivity index (χ0v) is 10.3. The SMILES string of the molecule is CCOC(=O)c1c[nH]c(-c2ccc(Cl)cc2F)n1. The number of ether oxygens (including phenoxy) is 1. The Morgan fingerprint density at radius 2 is 2.33 bits per heavy atom. The van der Waals surface area contributed by atoms with E-state index in [0.29, 0.717) is 5.02 Å². The summed E-state index contributed by atoms with van der Waals surface area (Å²) in [6, 6.07) is 4.22. The Labute approximate surface area is 108 Å². The van der Waals surface area contributed by atoms with E-state index in [2.05, 4.69) is 9.97 Å². The van der Waals surface area contributed by atoms with Gasteiger partial charge in [-0.25, -0.2) is 14.2 Å². The summed E-state index contributed by atoms with van der Waals surface area (Å²) in [7, 11) is 0. The number of benzene rings is 1. The van der Waals surface area contributed by atoms with Crippen LogP contribution in [0.2, 0.25) is 5.02 Å². The van der Waals surface area contributed by atoms with Crippen LogP contribution in [-0.4, -0.2) is 22.5 Å². The number of hydrogen-bond acceptors (Lipinski definition) is 3. The Hall–Kier alpha value is -1.88. The fourth-order valence-corrected chi connectivity index (χ4v) is 1.61. The first-order valence-corrected chi connectivity index (χ1v) is 5.67. The van der Waals surface area contributed by atoms with E-state index in [-0.39, 0.29) is 23.7 Å². The van der Waals surface area contributed by atoms with Gasteiger partial charge in [-0.2, -0.15) is 0 Å².